The Balaban J connectivity index is 2.00. The number of hydrogen-bond acceptors (Lipinski definition) is 2. The van der Waals surface area contributed by atoms with Crippen LogP contribution in [0, 0.1) is 5.92 Å². The average molecular weight is 277 g/mol. The number of hydrogen-bond donors (Lipinski definition) is 1. The quantitative estimate of drug-likeness (QED) is 0.905. The molecule has 1 N–H and O–H groups in total. The lowest BCUT2D eigenvalue weighted by Crippen LogP contribution is -2.41. The number of rotatable bonds is 4. The Labute approximate surface area is 120 Å². The summed E-state index contributed by atoms with van der Waals surface area (Å²) in [6.45, 7) is 2.24. The summed E-state index contributed by atoms with van der Waals surface area (Å²) >= 11 is 1.78. The van der Waals surface area contributed by atoms with E-state index in [-0.39, 0.29) is 5.91 Å². The third-order valence-electron chi connectivity index (χ3n) is 3.93. The van der Waals surface area contributed by atoms with Gasteiger partial charge in [0.1, 0.15) is 0 Å². The van der Waals surface area contributed by atoms with Crippen molar-refractivity contribution in [1.82, 2.24) is 5.32 Å². The maximum Gasteiger partial charge on any atom is 0.251 e. The number of carbonyl (C=O) groups excluding carboxylic acids is 1. The Hall–Kier alpha value is -0.960. The van der Waals surface area contributed by atoms with E-state index >= 15 is 0 Å². The van der Waals surface area contributed by atoms with Crippen LogP contribution in [0.15, 0.2) is 24.3 Å². The molecule has 0 bridgehead atoms. The van der Waals surface area contributed by atoms with Gasteiger partial charge >= 0.3 is 0 Å². The molecule has 1 aromatic rings. The largest absolute Gasteiger partial charge is 0.349 e. The van der Waals surface area contributed by atoms with Crippen molar-refractivity contribution < 1.29 is 4.79 Å². The first-order valence-corrected chi connectivity index (χ1v) is 8.49. The molecule has 19 heavy (non-hydrogen) atoms. The van der Waals surface area contributed by atoms with Gasteiger partial charge in [-0.1, -0.05) is 31.9 Å². The topological polar surface area (TPSA) is 29.1 Å². The third kappa shape index (κ3) is 4.00. The SMILES string of the molecule is CSCc1cccc(C(=O)N[C@@H]2CCCC[C@H]2C)c1. The van der Waals surface area contributed by atoms with Gasteiger partial charge in [0.25, 0.3) is 5.91 Å². The van der Waals surface area contributed by atoms with Gasteiger partial charge < -0.3 is 5.32 Å². The van der Waals surface area contributed by atoms with Crippen LogP contribution in [-0.4, -0.2) is 18.2 Å². The second kappa shape index (κ2) is 6.99. The van der Waals surface area contributed by atoms with Crippen molar-refractivity contribution in [2.45, 2.75) is 44.4 Å². The van der Waals surface area contributed by atoms with Gasteiger partial charge in [-0.2, -0.15) is 11.8 Å². The Morgan fingerprint density at radius 2 is 2.16 bits per heavy atom. The fourth-order valence-electron chi connectivity index (χ4n) is 2.75. The van der Waals surface area contributed by atoms with Crippen LogP contribution < -0.4 is 5.32 Å². The van der Waals surface area contributed by atoms with Crippen molar-refractivity contribution >= 4 is 17.7 Å². The predicted molar refractivity (Wildman–Crippen MR) is 82.5 cm³/mol. The molecule has 3 heteroatoms. The minimum Gasteiger partial charge on any atom is -0.349 e. The van der Waals surface area contributed by atoms with Crippen molar-refractivity contribution in [2.24, 2.45) is 5.92 Å². The predicted octanol–water partition coefficient (Wildman–Crippen LogP) is 3.86. The number of nitrogens with one attached hydrogen (secondary N) is 1. The molecule has 1 saturated carbocycles. The molecule has 0 spiro atoms. The molecular formula is C16H23NOS. The van der Waals surface area contributed by atoms with E-state index in [1.807, 2.05) is 18.2 Å². The van der Waals surface area contributed by atoms with Gasteiger partial charge in [-0.05, 0) is 42.7 Å². The molecule has 1 amide bonds. The van der Waals surface area contributed by atoms with Crippen molar-refractivity contribution in [3.8, 4) is 0 Å². The lowest BCUT2D eigenvalue weighted by atomic mass is 9.86. The van der Waals surface area contributed by atoms with Crippen LogP contribution in [0.2, 0.25) is 0 Å². The van der Waals surface area contributed by atoms with Crippen LogP contribution in [0.3, 0.4) is 0 Å². The van der Waals surface area contributed by atoms with Gasteiger partial charge in [-0.25, -0.2) is 0 Å². The zero-order valence-corrected chi connectivity index (χ0v) is 12.6. The van der Waals surface area contributed by atoms with Crippen LogP contribution in [0.4, 0.5) is 0 Å². The first-order valence-electron chi connectivity index (χ1n) is 7.09. The van der Waals surface area contributed by atoms with E-state index in [1.54, 1.807) is 11.8 Å². The van der Waals surface area contributed by atoms with Gasteiger partial charge in [0.15, 0.2) is 0 Å². The fourth-order valence-corrected chi connectivity index (χ4v) is 3.26. The minimum absolute atomic E-state index is 0.0849. The molecule has 0 heterocycles. The molecule has 1 aliphatic rings. The van der Waals surface area contributed by atoms with Crippen molar-refractivity contribution in [2.75, 3.05) is 6.26 Å². The summed E-state index contributed by atoms with van der Waals surface area (Å²) in [5.74, 6) is 1.65. The summed E-state index contributed by atoms with van der Waals surface area (Å²) in [7, 11) is 0. The average Bonchev–Trinajstić information content (AvgIpc) is 2.42. The highest BCUT2D eigenvalue weighted by atomic mass is 32.2. The summed E-state index contributed by atoms with van der Waals surface area (Å²) in [5.41, 5.74) is 2.01. The third-order valence-corrected chi connectivity index (χ3v) is 4.55. The van der Waals surface area contributed by atoms with Crippen LogP contribution in [-0.2, 0) is 5.75 Å². The molecule has 104 valence electrons. The fraction of sp³-hybridized carbons (Fsp3) is 0.562. The van der Waals surface area contributed by atoms with E-state index in [2.05, 4.69) is 24.6 Å². The lowest BCUT2D eigenvalue weighted by Gasteiger charge is -2.29. The van der Waals surface area contributed by atoms with E-state index in [0.717, 1.165) is 17.7 Å². The summed E-state index contributed by atoms with van der Waals surface area (Å²) in [6.07, 6.45) is 6.98. The number of amides is 1. The molecule has 2 atom stereocenters. The Bertz CT molecular complexity index is 433. The monoisotopic (exact) mass is 277 g/mol. The Morgan fingerprint density at radius 3 is 2.89 bits per heavy atom. The first-order chi connectivity index (χ1) is 9.20. The molecule has 0 aromatic heterocycles. The standard InChI is InChI=1S/C16H23NOS/c1-12-6-3-4-9-15(12)17-16(18)14-8-5-7-13(10-14)11-19-2/h5,7-8,10,12,15H,3-4,6,9,11H2,1-2H3,(H,17,18)/t12-,15-/m1/s1. The van der Waals surface area contributed by atoms with Crippen molar-refractivity contribution in [3.05, 3.63) is 35.4 Å². The second-order valence-corrected chi connectivity index (χ2v) is 6.34. The maximum atomic E-state index is 12.3. The summed E-state index contributed by atoms with van der Waals surface area (Å²) < 4.78 is 0. The highest BCUT2D eigenvalue weighted by Gasteiger charge is 2.23. The van der Waals surface area contributed by atoms with E-state index < -0.39 is 0 Å². The summed E-state index contributed by atoms with van der Waals surface area (Å²) in [5, 5.41) is 3.21. The van der Waals surface area contributed by atoms with Crippen LogP contribution in [0.25, 0.3) is 0 Å². The number of benzene rings is 1. The van der Waals surface area contributed by atoms with Crippen LogP contribution >= 0.6 is 11.8 Å². The van der Waals surface area contributed by atoms with Crippen LogP contribution in [0.5, 0.6) is 0 Å². The maximum absolute atomic E-state index is 12.3. The summed E-state index contributed by atoms with van der Waals surface area (Å²) in [4.78, 5) is 12.3. The van der Waals surface area contributed by atoms with Gasteiger partial charge in [0.2, 0.25) is 0 Å². The van der Waals surface area contributed by atoms with E-state index in [0.29, 0.717) is 12.0 Å². The Morgan fingerprint density at radius 1 is 1.37 bits per heavy atom. The van der Waals surface area contributed by atoms with Gasteiger partial charge in [0.05, 0.1) is 0 Å². The molecule has 0 aliphatic heterocycles. The van der Waals surface area contributed by atoms with Crippen molar-refractivity contribution in [3.63, 3.8) is 0 Å². The van der Waals surface area contributed by atoms with Crippen LogP contribution in [0.1, 0.15) is 48.5 Å². The molecule has 2 nitrogen and oxygen atoms in total. The molecule has 1 aromatic carbocycles. The molecule has 0 unspecified atom stereocenters. The Kier molecular flexibility index (Phi) is 5.32. The van der Waals surface area contributed by atoms with Gasteiger partial charge in [0, 0.05) is 17.4 Å². The zero-order valence-electron chi connectivity index (χ0n) is 11.8. The smallest absolute Gasteiger partial charge is 0.251 e. The molecule has 2 rings (SSSR count). The van der Waals surface area contributed by atoms with E-state index in [4.69, 9.17) is 0 Å². The molecular weight excluding hydrogens is 254 g/mol. The molecule has 1 fully saturated rings. The molecule has 1 aliphatic carbocycles. The van der Waals surface area contributed by atoms with Gasteiger partial charge in [-0.3, -0.25) is 4.79 Å². The van der Waals surface area contributed by atoms with Crippen molar-refractivity contribution in [1.29, 1.82) is 0 Å². The number of thioether (sulfide) groups is 1. The molecule has 0 saturated heterocycles. The second-order valence-electron chi connectivity index (χ2n) is 5.48. The minimum atomic E-state index is 0.0849. The first kappa shape index (κ1) is 14.4. The lowest BCUT2D eigenvalue weighted by molar-refractivity contribution is 0.0910. The molecule has 0 radical (unpaired) electrons. The van der Waals surface area contributed by atoms with E-state index in [1.165, 1.54) is 24.8 Å². The number of carbonyl (C=O) groups is 1. The highest BCUT2D eigenvalue weighted by Crippen LogP contribution is 2.24. The zero-order chi connectivity index (χ0) is 13.7. The van der Waals surface area contributed by atoms with Gasteiger partial charge in [-0.15, -0.1) is 0 Å². The van der Waals surface area contributed by atoms with E-state index in [9.17, 15) is 4.79 Å². The highest BCUT2D eigenvalue weighted by molar-refractivity contribution is 7.97. The normalized spacial score (nSPS) is 23.1. The summed E-state index contributed by atoms with van der Waals surface area (Å²) in [6, 6.07) is 8.33.